The molecule has 0 spiro atoms. The average molecular weight is 355 g/mol. The van der Waals surface area contributed by atoms with E-state index in [2.05, 4.69) is 48.0 Å². The van der Waals surface area contributed by atoms with Gasteiger partial charge in [0.2, 0.25) is 0 Å². The van der Waals surface area contributed by atoms with Crippen LogP contribution in [0, 0.1) is 11.3 Å². The zero-order valence-corrected chi connectivity index (χ0v) is 15.5. The first-order chi connectivity index (χ1) is 13.2. The molecule has 2 aromatic carbocycles. The van der Waals surface area contributed by atoms with Crippen molar-refractivity contribution in [2.45, 2.75) is 25.3 Å². The van der Waals surface area contributed by atoms with Gasteiger partial charge >= 0.3 is 0 Å². The molecule has 0 fully saturated rings. The second-order valence-corrected chi connectivity index (χ2v) is 6.81. The van der Waals surface area contributed by atoms with Crippen LogP contribution in [-0.2, 0) is 6.42 Å². The number of nitrogens with two attached hydrogens (primary N) is 1. The lowest BCUT2D eigenvalue weighted by atomic mass is 9.95. The minimum absolute atomic E-state index is 0.119. The van der Waals surface area contributed by atoms with Crippen molar-refractivity contribution in [2.24, 2.45) is 5.73 Å². The third kappa shape index (κ3) is 4.97. The van der Waals surface area contributed by atoms with Crippen molar-refractivity contribution in [3.05, 3.63) is 107 Å². The highest BCUT2D eigenvalue weighted by molar-refractivity contribution is 5.44. The largest absolute Gasteiger partial charge is 0.348 e. The summed E-state index contributed by atoms with van der Waals surface area (Å²) in [6.07, 6.45) is 6.38. The first-order valence-electron chi connectivity index (χ1n) is 9.26. The third-order valence-electron chi connectivity index (χ3n) is 4.84. The summed E-state index contributed by atoms with van der Waals surface area (Å²) >= 11 is 0. The van der Waals surface area contributed by atoms with Gasteiger partial charge in [-0.3, -0.25) is 0 Å². The highest BCUT2D eigenvalue weighted by Gasteiger charge is 2.19. The Bertz CT molecular complexity index is 873. The summed E-state index contributed by atoms with van der Waals surface area (Å²) in [5.41, 5.74) is 12.0. The summed E-state index contributed by atoms with van der Waals surface area (Å²) in [6, 6.07) is 22.7. The second-order valence-electron chi connectivity index (χ2n) is 6.81. The molecule has 1 atom stereocenters. The Hall–Kier alpha value is -3.09. The van der Waals surface area contributed by atoms with E-state index in [1.807, 2.05) is 42.5 Å². The average Bonchev–Trinajstić information content (AvgIpc) is 2.70. The highest BCUT2D eigenvalue weighted by atomic mass is 15.1. The van der Waals surface area contributed by atoms with Crippen molar-refractivity contribution in [3.63, 3.8) is 0 Å². The quantitative estimate of drug-likeness (QED) is 0.771. The number of nitrogens with zero attached hydrogens (tertiary/aromatic N) is 2. The van der Waals surface area contributed by atoms with Crippen molar-refractivity contribution in [1.29, 1.82) is 5.26 Å². The van der Waals surface area contributed by atoms with Crippen molar-refractivity contribution < 1.29 is 0 Å². The van der Waals surface area contributed by atoms with Gasteiger partial charge in [0.15, 0.2) is 0 Å². The van der Waals surface area contributed by atoms with Crippen LogP contribution in [-0.4, -0.2) is 11.4 Å². The summed E-state index contributed by atoms with van der Waals surface area (Å²) in [6.45, 7) is 4.84. The first-order valence-corrected chi connectivity index (χ1v) is 9.26. The SMILES string of the molecule is C=C1C=C(CC#N)N(CC(N)c2ccccc2)C=C1CCc1ccccc1. The summed E-state index contributed by atoms with van der Waals surface area (Å²) < 4.78 is 0. The molecule has 0 bridgehead atoms. The zero-order chi connectivity index (χ0) is 19.1. The van der Waals surface area contributed by atoms with Crippen LogP contribution in [0.1, 0.15) is 30.0 Å². The molecule has 0 aliphatic carbocycles. The van der Waals surface area contributed by atoms with Crippen LogP contribution in [0.15, 0.2) is 96.4 Å². The first kappa shape index (κ1) is 18.7. The smallest absolute Gasteiger partial charge is 0.0754 e. The van der Waals surface area contributed by atoms with E-state index >= 15 is 0 Å². The van der Waals surface area contributed by atoms with Crippen molar-refractivity contribution in [3.8, 4) is 6.07 Å². The van der Waals surface area contributed by atoms with Gasteiger partial charge in [0.05, 0.1) is 12.5 Å². The Morgan fingerprint density at radius 3 is 2.33 bits per heavy atom. The normalized spacial score (nSPS) is 15.0. The molecule has 3 nitrogen and oxygen atoms in total. The Balaban J connectivity index is 1.75. The fourth-order valence-electron chi connectivity index (χ4n) is 3.30. The topological polar surface area (TPSA) is 53.0 Å². The van der Waals surface area contributed by atoms with Gasteiger partial charge < -0.3 is 10.6 Å². The van der Waals surface area contributed by atoms with E-state index in [9.17, 15) is 5.26 Å². The molecule has 2 N–H and O–H groups in total. The van der Waals surface area contributed by atoms with Gasteiger partial charge in [0, 0.05) is 24.5 Å². The molecule has 0 saturated carbocycles. The maximum atomic E-state index is 9.19. The molecule has 0 radical (unpaired) electrons. The molecule has 1 heterocycles. The van der Waals surface area contributed by atoms with Gasteiger partial charge in [0.25, 0.3) is 0 Å². The van der Waals surface area contributed by atoms with Crippen LogP contribution in [0.4, 0.5) is 0 Å². The number of rotatable bonds is 7. The Labute approximate surface area is 161 Å². The molecule has 1 aliphatic rings. The molecule has 0 saturated heterocycles. The Kier molecular flexibility index (Phi) is 6.25. The van der Waals surface area contributed by atoms with E-state index in [0.29, 0.717) is 13.0 Å². The predicted octanol–water partition coefficient (Wildman–Crippen LogP) is 4.87. The van der Waals surface area contributed by atoms with Gasteiger partial charge in [-0.1, -0.05) is 67.2 Å². The van der Waals surface area contributed by atoms with Crippen LogP contribution >= 0.6 is 0 Å². The molecule has 1 aliphatic heterocycles. The monoisotopic (exact) mass is 355 g/mol. The number of hydrogen-bond acceptors (Lipinski definition) is 3. The lowest BCUT2D eigenvalue weighted by Gasteiger charge is -2.31. The number of benzene rings is 2. The predicted molar refractivity (Wildman–Crippen MR) is 110 cm³/mol. The van der Waals surface area contributed by atoms with E-state index in [0.717, 1.165) is 29.7 Å². The van der Waals surface area contributed by atoms with Crippen molar-refractivity contribution in [1.82, 2.24) is 4.90 Å². The minimum atomic E-state index is -0.119. The second kappa shape index (κ2) is 9.02. The summed E-state index contributed by atoms with van der Waals surface area (Å²) in [5, 5.41) is 9.19. The van der Waals surface area contributed by atoms with Gasteiger partial charge in [-0.05, 0) is 41.2 Å². The fourth-order valence-corrected chi connectivity index (χ4v) is 3.30. The minimum Gasteiger partial charge on any atom is -0.348 e. The Morgan fingerprint density at radius 2 is 1.67 bits per heavy atom. The highest BCUT2D eigenvalue weighted by Crippen LogP contribution is 2.28. The zero-order valence-electron chi connectivity index (χ0n) is 15.5. The lowest BCUT2D eigenvalue weighted by Crippen LogP contribution is -2.30. The number of allylic oxidation sites excluding steroid dienone is 4. The van der Waals surface area contributed by atoms with E-state index < -0.39 is 0 Å². The molecule has 2 aromatic rings. The van der Waals surface area contributed by atoms with Crippen molar-refractivity contribution in [2.75, 3.05) is 6.54 Å². The summed E-state index contributed by atoms with van der Waals surface area (Å²) in [7, 11) is 0. The molecule has 0 aromatic heterocycles. The van der Waals surface area contributed by atoms with E-state index in [-0.39, 0.29) is 6.04 Å². The molecule has 27 heavy (non-hydrogen) atoms. The van der Waals surface area contributed by atoms with Crippen LogP contribution in [0.25, 0.3) is 0 Å². The molecule has 3 heteroatoms. The van der Waals surface area contributed by atoms with E-state index in [1.165, 1.54) is 11.1 Å². The van der Waals surface area contributed by atoms with Gasteiger partial charge in [0.1, 0.15) is 0 Å². The van der Waals surface area contributed by atoms with Gasteiger partial charge in [-0.15, -0.1) is 0 Å². The molecular weight excluding hydrogens is 330 g/mol. The standard InChI is InChI=1S/C24H25N3/c1-19-16-23(14-15-25)27(18-24(26)21-10-6-3-7-11-21)17-22(19)13-12-20-8-4-2-5-9-20/h2-11,16-17,24H,1,12-14,18,26H2. The third-order valence-corrected chi connectivity index (χ3v) is 4.84. The maximum Gasteiger partial charge on any atom is 0.0754 e. The molecule has 0 amide bonds. The van der Waals surface area contributed by atoms with Crippen LogP contribution in [0.3, 0.4) is 0 Å². The van der Waals surface area contributed by atoms with Crippen molar-refractivity contribution >= 4 is 0 Å². The molecule has 1 unspecified atom stereocenters. The molecular formula is C24H25N3. The summed E-state index contributed by atoms with van der Waals surface area (Å²) in [4.78, 5) is 2.12. The van der Waals surface area contributed by atoms with E-state index in [1.54, 1.807) is 0 Å². The fraction of sp³-hybridized carbons (Fsp3) is 0.208. The summed E-state index contributed by atoms with van der Waals surface area (Å²) in [5.74, 6) is 0. The van der Waals surface area contributed by atoms with E-state index in [4.69, 9.17) is 5.73 Å². The van der Waals surface area contributed by atoms with Gasteiger partial charge in [-0.25, -0.2) is 0 Å². The van der Waals surface area contributed by atoms with Crippen LogP contribution in [0.2, 0.25) is 0 Å². The lowest BCUT2D eigenvalue weighted by molar-refractivity contribution is 0.410. The molecule has 136 valence electrons. The number of nitriles is 1. The van der Waals surface area contributed by atoms with Gasteiger partial charge in [-0.2, -0.15) is 5.26 Å². The number of aryl methyl sites for hydroxylation is 1. The Morgan fingerprint density at radius 1 is 1.00 bits per heavy atom. The molecule has 3 rings (SSSR count). The number of hydrogen-bond donors (Lipinski definition) is 1. The van der Waals surface area contributed by atoms with Crippen LogP contribution in [0.5, 0.6) is 0 Å². The van der Waals surface area contributed by atoms with Crippen LogP contribution < -0.4 is 5.73 Å². The maximum absolute atomic E-state index is 9.19.